The number of halogens is 1. The van der Waals surface area contributed by atoms with E-state index in [0.717, 1.165) is 5.56 Å². The zero-order valence-electron chi connectivity index (χ0n) is 14.7. The van der Waals surface area contributed by atoms with E-state index in [0.29, 0.717) is 27.9 Å². The molecule has 1 heterocycles. The standard InChI is InChI=1S/C19H19ClN2O4/c1-11-4-6-17-15(8-11)22(19(24)12(2)26-17)10-18(23)21-14-9-13(20)5-7-16(14)25-3/h4-9,12H,10H2,1-3H3,(H,21,23). The first-order chi connectivity index (χ1) is 12.4. The third-order valence-electron chi connectivity index (χ3n) is 4.06. The molecule has 1 N–H and O–H groups in total. The van der Waals surface area contributed by atoms with E-state index in [2.05, 4.69) is 5.32 Å². The number of fused-ring (bicyclic) bond motifs is 1. The molecule has 6 nitrogen and oxygen atoms in total. The topological polar surface area (TPSA) is 67.9 Å². The summed E-state index contributed by atoms with van der Waals surface area (Å²) in [5, 5.41) is 3.22. The van der Waals surface area contributed by atoms with E-state index in [1.807, 2.05) is 19.1 Å². The third-order valence-corrected chi connectivity index (χ3v) is 4.30. The molecule has 0 aromatic heterocycles. The van der Waals surface area contributed by atoms with Crippen LogP contribution in [0.3, 0.4) is 0 Å². The molecular formula is C19H19ClN2O4. The largest absolute Gasteiger partial charge is 0.495 e. The van der Waals surface area contributed by atoms with Crippen LogP contribution < -0.4 is 19.7 Å². The van der Waals surface area contributed by atoms with E-state index < -0.39 is 6.10 Å². The molecule has 1 atom stereocenters. The number of anilines is 2. The Labute approximate surface area is 156 Å². The second-order valence-electron chi connectivity index (χ2n) is 6.05. The van der Waals surface area contributed by atoms with Crippen LogP contribution in [0.5, 0.6) is 11.5 Å². The second-order valence-corrected chi connectivity index (χ2v) is 6.48. The Hall–Kier alpha value is -2.73. The molecule has 0 bridgehead atoms. The predicted octanol–water partition coefficient (Wildman–Crippen LogP) is 3.41. The fourth-order valence-corrected chi connectivity index (χ4v) is 2.96. The number of hydrogen-bond donors (Lipinski definition) is 1. The number of rotatable bonds is 4. The molecule has 2 amide bonds. The van der Waals surface area contributed by atoms with E-state index in [1.165, 1.54) is 12.0 Å². The van der Waals surface area contributed by atoms with Crippen molar-refractivity contribution in [2.24, 2.45) is 0 Å². The van der Waals surface area contributed by atoms with E-state index in [1.54, 1.807) is 31.2 Å². The van der Waals surface area contributed by atoms with Gasteiger partial charge in [0.15, 0.2) is 6.10 Å². The average molecular weight is 375 g/mol. The average Bonchev–Trinajstić information content (AvgIpc) is 2.60. The van der Waals surface area contributed by atoms with Crippen molar-refractivity contribution in [1.29, 1.82) is 0 Å². The summed E-state index contributed by atoms with van der Waals surface area (Å²) in [4.78, 5) is 26.5. The normalized spacial score (nSPS) is 15.9. The van der Waals surface area contributed by atoms with E-state index in [9.17, 15) is 9.59 Å². The summed E-state index contributed by atoms with van der Waals surface area (Å²) in [5.41, 5.74) is 2.00. The van der Waals surface area contributed by atoms with Gasteiger partial charge >= 0.3 is 0 Å². The minimum absolute atomic E-state index is 0.140. The van der Waals surface area contributed by atoms with Gasteiger partial charge in [-0.15, -0.1) is 0 Å². The van der Waals surface area contributed by atoms with Crippen molar-refractivity contribution in [3.8, 4) is 11.5 Å². The lowest BCUT2D eigenvalue weighted by Gasteiger charge is -2.32. The number of nitrogens with one attached hydrogen (secondary N) is 1. The number of benzene rings is 2. The third kappa shape index (κ3) is 3.60. The van der Waals surface area contributed by atoms with Crippen LogP contribution >= 0.6 is 11.6 Å². The van der Waals surface area contributed by atoms with E-state index in [4.69, 9.17) is 21.1 Å². The number of nitrogens with zero attached hydrogens (tertiary/aromatic N) is 1. The minimum Gasteiger partial charge on any atom is -0.495 e. The van der Waals surface area contributed by atoms with Gasteiger partial charge in [-0.25, -0.2) is 0 Å². The molecule has 7 heteroatoms. The summed E-state index contributed by atoms with van der Waals surface area (Å²) in [6.45, 7) is 3.44. The molecule has 0 spiro atoms. The van der Waals surface area contributed by atoms with Gasteiger partial charge in [0.2, 0.25) is 5.91 Å². The van der Waals surface area contributed by atoms with Crippen LogP contribution in [-0.2, 0) is 9.59 Å². The Morgan fingerprint density at radius 2 is 2.08 bits per heavy atom. The van der Waals surface area contributed by atoms with Crippen LogP contribution in [-0.4, -0.2) is 31.6 Å². The Morgan fingerprint density at radius 1 is 1.31 bits per heavy atom. The summed E-state index contributed by atoms with van der Waals surface area (Å²) in [6.07, 6.45) is -0.654. The van der Waals surface area contributed by atoms with Crippen LogP contribution in [0.1, 0.15) is 12.5 Å². The minimum atomic E-state index is -0.654. The molecule has 0 saturated carbocycles. The number of amides is 2. The quantitative estimate of drug-likeness (QED) is 0.890. The van der Waals surface area contributed by atoms with E-state index >= 15 is 0 Å². The van der Waals surface area contributed by atoms with Gasteiger partial charge in [0.1, 0.15) is 18.0 Å². The summed E-state index contributed by atoms with van der Waals surface area (Å²) >= 11 is 5.99. The fourth-order valence-electron chi connectivity index (χ4n) is 2.79. The molecule has 2 aromatic carbocycles. The Morgan fingerprint density at radius 3 is 2.81 bits per heavy atom. The summed E-state index contributed by atoms with van der Waals surface area (Å²) in [7, 11) is 1.51. The van der Waals surface area contributed by atoms with Crippen molar-refractivity contribution in [3.63, 3.8) is 0 Å². The molecule has 1 aliphatic rings. The fraction of sp³-hybridized carbons (Fsp3) is 0.263. The van der Waals surface area contributed by atoms with Crippen molar-refractivity contribution < 1.29 is 19.1 Å². The van der Waals surface area contributed by atoms with Crippen LogP contribution in [0.15, 0.2) is 36.4 Å². The Balaban J connectivity index is 1.84. The van der Waals surface area contributed by atoms with Crippen molar-refractivity contribution in [2.45, 2.75) is 20.0 Å². The maximum absolute atomic E-state index is 12.6. The molecular weight excluding hydrogens is 356 g/mol. The summed E-state index contributed by atoms with van der Waals surface area (Å²) < 4.78 is 10.8. The Kier molecular flexibility index (Phi) is 5.04. The lowest BCUT2D eigenvalue weighted by molar-refractivity contribution is -0.127. The molecule has 1 aliphatic heterocycles. The lowest BCUT2D eigenvalue weighted by Crippen LogP contribution is -2.47. The SMILES string of the molecule is COc1ccc(Cl)cc1NC(=O)CN1C(=O)C(C)Oc2ccc(C)cc21. The van der Waals surface area contributed by atoms with Crippen LogP contribution in [0.4, 0.5) is 11.4 Å². The van der Waals surface area contributed by atoms with Gasteiger partial charge in [-0.1, -0.05) is 17.7 Å². The highest BCUT2D eigenvalue weighted by Crippen LogP contribution is 2.35. The number of ether oxygens (including phenoxy) is 2. The number of carbonyl (C=O) groups is 2. The predicted molar refractivity (Wildman–Crippen MR) is 100 cm³/mol. The summed E-state index contributed by atoms with van der Waals surface area (Å²) in [5.74, 6) is 0.438. The van der Waals surface area contributed by atoms with E-state index in [-0.39, 0.29) is 18.4 Å². The van der Waals surface area contributed by atoms with Gasteiger partial charge < -0.3 is 14.8 Å². The zero-order valence-corrected chi connectivity index (χ0v) is 15.5. The van der Waals surface area contributed by atoms with Gasteiger partial charge in [0, 0.05) is 5.02 Å². The van der Waals surface area contributed by atoms with Crippen molar-refractivity contribution in [2.75, 3.05) is 23.9 Å². The highest BCUT2D eigenvalue weighted by atomic mass is 35.5. The molecule has 0 fully saturated rings. The van der Waals surface area contributed by atoms with Gasteiger partial charge in [0.05, 0.1) is 18.5 Å². The number of aryl methyl sites for hydroxylation is 1. The maximum Gasteiger partial charge on any atom is 0.268 e. The summed E-state index contributed by atoms with van der Waals surface area (Å²) in [6, 6.07) is 10.5. The van der Waals surface area contributed by atoms with Crippen molar-refractivity contribution in [1.82, 2.24) is 0 Å². The van der Waals surface area contributed by atoms with Crippen molar-refractivity contribution in [3.05, 3.63) is 47.0 Å². The monoisotopic (exact) mass is 374 g/mol. The molecule has 0 radical (unpaired) electrons. The second kappa shape index (κ2) is 7.25. The molecule has 3 rings (SSSR count). The maximum atomic E-state index is 12.6. The van der Waals surface area contributed by atoms with Crippen LogP contribution in [0, 0.1) is 6.92 Å². The van der Waals surface area contributed by atoms with Crippen LogP contribution in [0.2, 0.25) is 5.02 Å². The van der Waals surface area contributed by atoms with Crippen molar-refractivity contribution >= 4 is 34.8 Å². The molecule has 0 saturated heterocycles. The van der Waals surface area contributed by atoms with Crippen LogP contribution in [0.25, 0.3) is 0 Å². The number of carbonyl (C=O) groups excluding carboxylic acids is 2. The first kappa shape index (κ1) is 18.1. The molecule has 1 unspecified atom stereocenters. The highest BCUT2D eigenvalue weighted by Gasteiger charge is 2.32. The number of hydrogen-bond acceptors (Lipinski definition) is 4. The van der Waals surface area contributed by atoms with Gasteiger partial charge in [-0.05, 0) is 49.7 Å². The molecule has 0 aliphatic carbocycles. The van der Waals surface area contributed by atoms with Gasteiger partial charge in [0.25, 0.3) is 5.91 Å². The lowest BCUT2D eigenvalue weighted by atomic mass is 10.1. The van der Waals surface area contributed by atoms with Gasteiger partial charge in [-0.2, -0.15) is 0 Å². The first-order valence-electron chi connectivity index (χ1n) is 8.11. The zero-order chi connectivity index (χ0) is 18.8. The first-order valence-corrected chi connectivity index (χ1v) is 8.49. The smallest absolute Gasteiger partial charge is 0.268 e. The molecule has 2 aromatic rings. The Bertz CT molecular complexity index is 869. The molecule has 26 heavy (non-hydrogen) atoms. The highest BCUT2D eigenvalue weighted by molar-refractivity contribution is 6.31. The molecule has 136 valence electrons. The number of methoxy groups -OCH3 is 1. The van der Waals surface area contributed by atoms with Gasteiger partial charge in [-0.3, -0.25) is 14.5 Å².